The smallest absolute Gasteiger partial charge is 0.317 e. The molecular formula is C33H78O7Si5. The predicted octanol–water partition coefficient (Wildman–Crippen LogP) is 10.2. The largest absolute Gasteiger partial charge is 0.437 e. The molecule has 0 fully saturated rings. The molecule has 0 bridgehead atoms. The Morgan fingerprint density at radius 2 is 0.889 bits per heavy atom. The van der Waals surface area contributed by atoms with E-state index in [-0.39, 0.29) is 13.2 Å². The number of unbranched alkanes of at least 4 members (excludes halogenated alkanes) is 14. The van der Waals surface area contributed by atoms with Crippen LogP contribution in [0.1, 0.15) is 110 Å². The summed E-state index contributed by atoms with van der Waals surface area (Å²) in [6.45, 7) is 24.9. The number of aliphatic hydroxyl groups is 2. The van der Waals surface area contributed by atoms with E-state index in [4.69, 9.17) is 26.3 Å². The van der Waals surface area contributed by atoms with Crippen LogP contribution in [0.2, 0.25) is 77.6 Å². The maximum atomic E-state index is 9.62. The van der Waals surface area contributed by atoms with E-state index in [2.05, 4.69) is 72.4 Å². The van der Waals surface area contributed by atoms with Crippen molar-refractivity contribution in [2.45, 2.75) is 193 Å². The third kappa shape index (κ3) is 28.4. The molecular weight excluding hydrogens is 649 g/mol. The topological polar surface area (TPSA) is 86.6 Å². The number of rotatable bonds is 31. The number of aliphatic hydroxyl groups excluding tert-OH is 2. The monoisotopic (exact) mass is 726 g/mol. The van der Waals surface area contributed by atoms with Crippen molar-refractivity contribution in [2.24, 2.45) is 0 Å². The molecule has 45 heavy (non-hydrogen) atoms. The van der Waals surface area contributed by atoms with Gasteiger partial charge >= 0.3 is 25.7 Å². The van der Waals surface area contributed by atoms with Crippen LogP contribution in [0, 0.1) is 0 Å². The first-order chi connectivity index (χ1) is 20.8. The van der Waals surface area contributed by atoms with Gasteiger partial charge < -0.3 is 31.4 Å². The van der Waals surface area contributed by atoms with E-state index in [0.29, 0.717) is 6.61 Å². The first-order valence-electron chi connectivity index (χ1n) is 18.5. The van der Waals surface area contributed by atoms with Crippen LogP contribution in [0.5, 0.6) is 0 Å². The lowest BCUT2D eigenvalue weighted by Crippen LogP contribution is -2.60. The molecule has 0 aliphatic rings. The quantitative estimate of drug-likeness (QED) is 0.0543. The third-order valence-electron chi connectivity index (χ3n) is 7.64. The molecule has 0 aliphatic heterocycles. The van der Waals surface area contributed by atoms with Crippen LogP contribution in [0.15, 0.2) is 0 Å². The molecule has 0 rings (SSSR count). The highest BCUT2D eigenvalue weighted by molar-refractivity contribution is 6.90. The minimum Gasteiger partial charge on any atom is -0.437 e. The molecule has 12 heteroatoms. The van der Waals surface area contributed by atoms with E-state index in [1.807, 2.05) is 0 Å². The van der Waals surface area contributed by atoms with E-state index in [9.17, 15) is 5.11 Å². The molecule has 0 saturated heterocycles. The van der Waals surface area contributed by atoms with Gasteiger partial charge in [0.2, 0.25) is 0 Å². The Morgan fingerprint density at radius 1 is 0.489 bits per heavy atom. The summed E-state index contributed by atoms with van der Waals surface area (Å²) in [5, 5.41) is 18.7. The van der Waals surface area contributed by atoms with Crippen LogP contribution in [-0.2, 0) is 21.2 Å². The molecule has 0 aromatic rings. The summed E-state index contributed by atoms with van der Waals surface area (Å²) >= 11 is 0. The minimum atomic E-state index is -2.61. The average molecular weight is 727 g/mol. The second-order valence-electron chi connectivity index (χ2n) is 16.0. The van der Waals surface area contributed by atoms with Crippen molar-refractivity contribution in [1.82, 2.24) is 0 Å². The maximum absolute atomic E-state index is 9.62. The molecule has 0 aliphatic carbocycles. The van der Waals surface area contributed by atoms with E-state index in [1.54, 1.807) is 0 Å². The molecule has 272 valence electrons. The summed E-state index contributed by atoms with van der Waals surface area (Å²) < 4.78 is 33.4. The van der Waals surface area contributed by atoms with Gasteiger partial charge in [-0.3, -0.25) is 0 Å². The van der Waals surface area contributed by atoms with Gasteiger partial charge in [-0.05, 0) is 84.0 Å². The molecule has 7 nitrogen and oxygen atoms in total. The van der Waals surface area contributed by atoms with Gasteiger partial charge in [0.25, 0.3) is 0 Å². The molecule has 3 atom stereocenters. The maximum Gasteiger partial charge on any atom is 0.317 e. The van der Waals surface area contributed by atoms with Crippen LogP contribution < -0.4 is 0 Å². The highest BCUT2D eigenvalue weighted by atomic mass is 28.5. The molecule has 0 saturated carbocycles. The van der Waals surface area contributed by atoms with Crippen LogP contribution in [0.3, 0.4) is 0 Å². The van der Waals surface area contributed by atoms with Crippen LogP contribution >= 0.6 is 0 Å². The van der Waals surface area contributed by atoms with Crippen LogP contribution in [-0.4, -0.2) is 78.5 Å². The highest BCUT2D eigenvalue weighted by Crippen LogP contribution is 2.32. The fourth-order valence-corrected chi connectivity index (χ4v) is 30.0. The van der Waals surface area contributed by atoms with Crippen molar-refractivity contribution in [2.75, 3.05) is 19.8 Å². The van der Waals surface area contributed by atoms with E-state index in [0.717, 1.165) is 24.9 Å². The average Bonchev–Trinajstić information content (AvgIpc) is 2.87. The van der Waals surface area contributed by atoms with Crippen molar-refractivity contribution in [1.29, 1.82) is 0 Å². The van der Waals surface area contributed by atoms with Gasteiger partial charge in [-0.25, -0.2) is 0 Å². The number of hydrogen-bond donors (Lipinski definition) is 2. The molecule has 0 aromatic heterocycles. The Kier molecular flexibility index (Phi) is 24.5. The van der Waals surface area contributed by atoms with Gasteiger partial charge in [0.05, 0.1) is 13.2 Å². The second-order valence-corrected chi connectivity index (χ2v) is 36.1. The first-order valence-corrected chi connectivity index (χ1v) is 33.2. The lowest BCUT2D eigenvalue weighted by Gasteiger charge is -2.44. The van der Waals surface area contributed by atoms with Gasteiger partial charge in [0.1, 0.15) is 6.10 Å². The summed E-state index contributed by atoms with van der Waals surface area (Å²) in [6, 6.07) is 1.78. The fraction of sp³-hybridized carbons (Fsp3) is 1.00. The minimum absolute atomic E-state index is 0.146. The Bertz CT molecular complexity index is 721. The first kappa shape index (κ1) is 45.8. The Labute approximate surface area is 285 Å². The molecule has 0 heterocycles. The number of hydrogen-bond acceptors (Lipinski definition) is 7. The van der Waals surface area contributed by atoms with E-state index >= 15 is 0 Å². The molecule has 0 radical (unpaired) electrons. The third-order valence-corrected chi connectivity index (χ3v) is 25.9. The zero-order chi connectivity index (χ0) is 34.5. The lowest BCUT2D eigenvalue weighted by molar-refractivity contribution is 0.00623. The van der Waals surface area contributed by atoms with Crippen LogP contribution in [0.25, 0.3) is 0 Å². The standard InChI is InChI=1S/C33H78O7Si5/c1-12-13-14-15-16-17-18-19-20-21-22-23-24-25-26-29-45(11,39-43(8,9)37-41(2,3)4)40-44(10,38-42(5,6)7)30-27-28-36-32-33(35)31-34/h33-35H,12-32H2,1-11H3. The fourth-order valence-electron chi connectivity index (χ4n) is 6.21. The number of ether oxygens (including phenoxy) is 1. The summed E-state index contributed by atoms with van der Waals surface area (Å²) in [5.74, 6) is 0. The van der Waals surface area contributed by atoms with Crippen molar-refractivity contribution in [3.05, 3.63) is 0 Å². The van der Waals surface area contributed by atoms with Crippen molar-refractivity contribution >= 4 is 42.3 Å². The normalized spacial score (nSPS) is 16.5. The van der Waals surface area contributed by atoms with Crippen molar-refractivity contribution < 1.29 is 31.4 Å². The molecule has 2 N–H and O–H groups in total. The summed E-state index contributed by atoms with van der Waals surface area (Å²) in [6.07, 6.45) is 20.3. The highest BCUT2D eigenvalue weighted by Gasteiger charge is 2.48. The van der Waals surface area contributed by atoms with Gasteiger partial charge in [-0.15, -0.1) is 0 Å². The molecule has 0 spiro atoms. The Hall–Kier alpha value is 0.804. The SMILES string of the molecule is CCCCCCCCCCCCCCCCC[Si](C)(O[Si](C)(C)O[Si](C)(C)C)O[Si](C)(CCCOCC(O)CO)O[Si](C)(C)C. The zero-order valence-corrected chi connectivity index (χ0v) is 36.9. The Balaban J connectivity index is 5.03. The summed E-state index contributed by atoms with van der Waals surface area (Å²) in [5.41, 5.74) is 0. The van der Waals surface area contributed by atoms with Crippen LogP contribution in [0.4, 0.5) is 0 Å². The molecule has 3 unspecified atom stereocenters. The van der Waals surface area contributed by atoms with E-state index < -0.39 is 48.4 Å². The summed E-state index contributed by atoms with van der Waals surface area (Å²) in [4.78, 5) is 0. The zero-order valence-electron chi connectivity index (χ0n) is 31.9. The second kappa shape index (κ2) is 24.0. The van der Waals surface area contributed by atoms with E-state index in [1.165, 1.54) is 89.9 Å². The Morgan fingerprint density at radius 3 is 1.31 bits per heavy atom. The van der Waals surface area contributed by atoms with Gasteiger partial charge in [0.15, 0.2) is 16.6 Å². The van der Waals surface area contributed by atoms with Gasteiger partial charge in [-0.1, -0.05) is 103 Å². The summed E-state index contributed by atoms with van der Waals surface area (Å²) in [7, 11) is -11.3. The molecule has 0 amide bonds. The predicted molar refractivity (Wildman–Crippen MR) is 205 cm³/mol. The lowest BCUT2D eigenvalue weighted by atomic mass is 10.0. The van der Waals surface area contributed by atoms with Gasteiger partial charge in [0, 0.05) is 6.61 Å². The molecule has 0 aromatic carbocycles. The van der Waals surface area contributed by atoms with Crippen molar-refractivity contribution in [3.8, 4) is 0 Å². The van der Waals surface area contributed by atoms with Crippen molar-refractivity contribution in [3.63, 3.8) is 0 Å². The van der Waals surface area contributed by atoms with Gasteiger partial charge in [-0.2, -0.15) is 0 Å².